The Morgan fingerprint density at radius 3 is 1.86 bits per heavy atom. The zero-order valence-electron chi connectivity index (χ0n) is 14.1. The second-order valence-electron chi connectivity index (χ2n) is 7.64. The second kappa shape index (κ2) is 9.66. The molecule has 0 atom stereocenters. The quantitative estimate of drug-likeness (QED) is 0.594. The minimum atomic E-state index is 0.419. The third-order valence-electron chi connectivity index (χ3n) is 5.96. The molecule has 2 saturated carbocycles. The molecule has 0 aromatic rings. The Kier molecular flexibility index (Phi) is 7.85. The van der Waals surface area contributed by atoms with Gasteiger partial charge in [0.2, 0.25) is 0 Å². The highest BCUT2D eigenvalue weighted by Gasteiger charge is 2.23. The van der Waals surface area contributed by atoms with Crippen LogP contribution < -0.4 is 0 Å². The van der Waals surface area contributed by atoms with Crippen LogP contribution in [0.5, 0.6) is 0 Å². The van der Waals surface area contributed by atoms with Crippen molar-refractivity contribution in [1.82, 2.24) is 0 Å². The monoisotopic (exact) mass is 292 g/mol. The van der Waals surface area contributed by atoms with Gasteiger partial charge in [-0.15, -0.1) is 0 Å². The molecule has 0 aliphatic heterocycles. The average molecular weight is 293 g/mol. The molecule has 0 saturated heterocycles. The Balaban J connectivity index is 1.57. The molecule has 0 aromatic carbocycles. The van der Waals surface area contributed by atoms with Crippen LogP contribution in [0.3, 0.4) is 0 Å². The molecule has 2 rings (SSSR count). The predicted molar refractivity (Wildman–Crippen MR) is 91.3 cm³/mol. The summed E-state index contributed by atoms with van der Waals surface area (Å²) in [4.78, 5) is 0. The number of hydrogen-bond donors (Lipinski definition) is 1. The summed E-state index contributed by atoms with van der Waals surface area (Å²) < 4.78 is 0. The molecular formula is C20H36O. The van der Waals surface area contributed by atoms with Gasteiger partial charge in [0.05, 0.1) is 0 Å². The fourth-order valence-corrected chi connectivity index (χ4v) is 4.30. The van der Waals surface area contributed by atoms with Crippen molar-refractivity contribution >= 4 is 0 Å². The Morgan fingerprint density at radius 1 is 0.810 bits per heavy atom. The third-order valence-corrected chi connectivity index (χ3v) is 5.96. The van der Waals surface area contributed by atoms with E-state index in [-0.39, 0.29) is 0 Å². The van der Waals surface area contributed by atoms with E-state index in [0.717, 1.165) is 17.8 Å². The van der Waals surface area contributed by atoms with Gasteiger partial charge in [-0.05, 0) is 68.6 Å². The van der Waals surface area contributed by atoms with E-state index in [1.54, 1.807) is 0 Å². The normalized spacial score (nSPS) is 34.4. The van der Waals surface area contributed by atoms with Crippen molar-refractivity contribution in [2.24, 2.45) is 23.7 Å². The Bertz CT molecular complexity index is 280. The maximum Gasteiger partial charge on any atom is 0.0459 e. The largest absolute Gasteiger partial charge is 0.396 e. The minimum absolute atomic E-state index is 0.419. The lowest BCUT2D eigenvalue weighted by atomic mass is 9.75. The molecule has 0 bridgehead atoms. The third kappa shape index (κ3) is 6.14. The smallest absolute Gasteiger partial charge is 0.0459 e. The van der Waals surface area contributed by atoms with E-state index >= 15 is 0 Å². The maximum atomic E-state index is 9.21. The van der Waals surface area contributed by atoms with Crippen molar-refractivity contribution in [3.8, 4) is 0 Å². The van der Waals surface area contributed by atoms with Crippen molar-refractivity contribution in [2.75, 3.05) is 6.61 Å². The number of allylic oxidation sites excluding steroid dienone is 2. The summed E-state index contributed by atoms with van der Waals surface area (Å²) in [5.74, 6) is 3.48. The topological polar surface area (TPSA) is 20.2 Å². The molecule has 2 aliphatic rings. The lowest BCUT2D eigenvalue weighted by Gasteiger charge is -2.31. The first kappa shape index (κ1) is 17.1. The molecule has 2 aliphatic carbocycles. The molecule has 2 fully saturated rings. The fraction of sp³-hybridized carbons (Fsp3) is 0.900. The highest BCUT2D eigenvalue weighted by Crippen LogP contribution is 2.36. The van der Waals surface area contributed by atoms with E-state index in [1.165, 1.54) is 77.0 Å². The van der Waals surface area contributed by atoms with E-state index in [1.807, 2.05) is 0 Å². The maximum absolute atomic E-state index is 9.21. The fourth-order valence-electron chi connectivity index (χ4n) is 4.30. The van der Waals surface area contributed by atoms with Crippen LogP contribution >= 0.6 is 0 Å². The van der Waals surface area contributed by atoms with Gasteiger partial charge in [0, 0.05) is 6.61 Å². The summed E-state index contributed by atoms with van der Waals surface area (Å²) in [6.07, 6.45) is 21.5. The van der Waals surface area contributed by atoms with Gasteiger partial charge in [0.25, 0.3) is 0 Å². The summed E-state index contributed by atoms with van der Waals surface area (Å²) in [6.45, 7) is 2.68. The van der Waals surface area contributed by atoms with Crippen LogP contribution in [0.4, 0.5) is 0 Å². The van der Waals surface area contributed by atoms with E-state index in [4.69, 9.17) is 0 Å². The first-order valence-corrected chi connectivity index (χ1v) is 9.59. The van der Waals surface area contributed by atoms with Crippen LogP contribution in [-0.4, -0.2) is 11.7 Å². The summed E-state index contributed by atoms with van der Waals surface area (Å²) in [5.41, 5.74) is 0. The van der Waals surface area contributed by atoms with Crippen LogP contribution in [0.1, 0.15) is 84.0 Å². The van der Waals surface area contributed by atoms with E-state index in [9.17, 15) is 5.11 Å². The van der Waals surface area contributed by atoms with Crippen molar-refractivity contribution in [3.63, 3.8) is 0 Å². The van der Waals surface area contributed by atoms with Crippen LogP contribution in [0.25, 0.3) is 0 Å². The van der Waals surface area contributed by atoms with Gasteiger partial charge in [-0.25, -0.2) is 0 Å². The summed E-state index contributed by atoms with van der Waals surface area (Å²) >= 11 is 0. The molecular weight excluding hydrogens is 256 g/mol. The summed E-state index contributed by atoms with van der Waals surface area (Å²) in [6, 6.07) is 0. The standard InChI is InChI=1S/C20H36O/c1-2-3-4-5-17-6-8-18(9-7-17)10-11-19-12-14-20(16-21)15-13-19/h4-5,17-21H,2-3,6-16H2,1H3/b5-4+. The summed E-state index contributed by atoms with van der Waals surface area (Å²) in [5, 5.41) is 9.21. The first-order valence-electron chi connectivity index (χ1n) is 9.59. The SMILES string of the molecule is CCC/C=C/C1CCC(CCC2CCC(CO)CC2)CC1. The van der Waals surface area contributed by atoms with Crippen LogP contribution in [0.2, 0.25) is 0 Å². The molecule has 0 unspecified atom stereocenters. The lowest BCUT2D eigenvalue weighted by molar-refractivity contribution is 0.158. The number of aliphatic hydroxyl groups excluding tert-OH is 1. The highest BCUT2D eigenvalue weighted by molar-refractivity contribution is 4.91. The number of aliphatic hydroxyl groups is 1. The molecule has 122 valence electrons. The molecule has 0 radical (unpaired) electrons. The minimum Gasteiger partial charge on any atom is -0.396 e. The molecule has 1 N–H and O–H groups in total. The average Bonchev–Trinajstić information content (AvgIpc) is 2.55. The zero-order valence-corrected chi connectivity index (χ0v) is 14.1. The number of rotatable bonds is 7. The van der Waals surface area contributed by atoms with E-state index in [2.05, 4.69) is 19.1 Å². The van der Waals surface area contributed by atoms with E-state index in [0.29, 0.717) is 12.5 Å². The van der Waals surface area contributed by atoms with Gasteiger partial charge in [0.15, 0.2) is 0 Å². The Hall–Kier alpha value is -0.300. The number of hydrogen-bond acceptors (Lipinski definition) is 1. The van der Waals surface area contributed by atoms with Gasteiger partial charge in [-0.3, -0.25) is 0 Å². The van der Waals surface area contributed by atoms with Gasteiger partial charge in [0.1, 0.15) is 0 Å². The first-order chi connectivity index (χ1) is 10.3. The van der Waals surface area contributed by atoms with Crippen molar-refractivity contribution in [3.05, 3.63) is 12.2 Å². The molecule has 0 amide bonds. The molecule has 1 heteroatoms. The molecule has 0 aromatic heterocycles. The van der Waals surface area contributed by atoms with Gasteiger partial charge < -0.3 is 5.11 Å². The Morgan fingerprint density at radius 2 is 1.33 bits per heavy atom. The molecule has 0 heterocycles. The second-order valence-corrected chi connectivity index (χ2v) is 7.64. The van der Waals surface area contributed by atoms with Crippen LogP contribution in [-0.2, 0) is 0 Å². The Labute approximate surface area is 132 Å². The lowest BCUT2D eigenvalue weighted by Crippen LogP contribution is -2.19. The molecule has 0 spiro atoms. The van der Waals surface area contributed by atoms with Gasteiger partial charge in [-0.2, -0.15) is 0 Å². The van der Waals surface area contributed by atoms with Crippen LogP contribution in [0.15, 0.2) is 12.2 Å². The highest BCUT2D eigenvalue weighted by atomic mass is 16.3. The molecule has 1 nitrogen and oxygen atoms in total. The summed E-state index contributed by atoms with van der Waals surface area (Å²) in [7, 11) is 0. The predicted octanol–water partition coefficient (Wildman–Crippen LogP) is 5.73. The van der Waals surface area contributed by atoms with Gasteiger partial charge in [-0.1, -0.05) is 51.2 Å². The van der Waals surface area contributed by atoms with Crippen molar-refractivity contribution < 1.29 is 5.11 Å². The van der Waals surface area contributed by atoms with E-state index < -0.39 is 0 Å². The number of unbranched alkanes of at least 4 members (excludes halogenated alkanes) is 1. The van der Waals surface area contributed by atoms with Crippen molar-refractivity contribution in [2.45, 2.75) is 84.0 Å². The van der Waals surface area contributed by atoms with Crippen molar-refractivity contribution in [1.29, 1.82) is 0 Å². The zero-order chi connectivity index (χ0) is 14.9. The van der Waals surface area contributed by atoms with Gasteiger partial charge >= 0.3 is 0 Å². The van der Waals surface area contributed by atoms with Crippen LogP contribution in [0, 0.1) is 23.7 Å². The molecule has 21 heavy (non-hydrogen) atoms.